The van der Waals surface area contributed by atoms with E-state index in [0.717, 1.165) is 18.2 Å². The summed E-state index contributed by atoms with van der Waals surface area (Å²) in [5.74, 6) is -1.64. The second-order valence-corrected chi connectivity index (χ2v) is 4.15. The Morgan fingerprint density at radius 2 is 1.80 bits per heavy atom. The average molecular weight is 211 g/mol. The highest BCUT2D eigenvalue weighted by Crippen LogP contribution is 2.27. The molecule has 80 valence electrons. The number of nitrogens with one attached hydrogen (secondary N) is 1. The minimum absolute atomic E-state index is 0.108. The van der Waals surface area contributed by atoms with Crippen LogP contribution in [0.5, 0.6) is 0 Å². The number of Topliss-reactive ketones (excluding diaryl/α,β-unsaturated/α-hetero) is 1. The van der Waals surface area contributed by atoms with E-state index in [1.165, 1.54) is 0 Å². The number of hydrogen-bond donors (Lipinski definition) is 1. The molecule has 1 heterocycles. The van der Waals surface area contributed by atoms with Crippen molar-refractivity contribution in [2.75, 3.05) is 13.1 Å². The van der Waals surface area contributed by atoms with Crippen LogP contribution in [0.15, 0.2) is 18.2 Å². The fraction of sp³-hybridized carbons (Fsp3) is 0.364. The zero-order valence-corrected chi connectivity index (χ0v) is 8.31. The van der Waals surface area contributed by atoms with E-state index in [1.807, 2.05) is 0 Å². The molecule has 0 amide bonds. The van der Waals surface area contributed by atoms with Crippen LogP contribution >= 0.6 is 0 Å². The number of hydrogen-bond acceptors (Lipinski definition) is 2. The Balaban J connectivity index is 2.33. The maximum atomic E-state index is 12.9. The summed E-state index contributed by atoms with van der Waals surface area (Å²) in [6, 6.07) is 2.92. The van der Waals surface area contributed by atoms with Crippen molar-refractivity contribution < 1.29 is 13.6 Å². The van der Waals surface area contributed by atoms with Crippen molar-refractivity contribution in [2.24, 2.45) is 5.41 Å². The Morgan fingerprint density at radius 1 is 1.27 bits per heavy atom. The molecule has 0 radical (unpaired) electrons. The first-order valence-corrected chi connectivity index (χ1v) is 4.73. The summed E-state index contributed by atoms with van der Waals surface area (Å²) in [5.41, 5.74) is -0.406. The Morgan fingerprint density at radius 3 is 2.20 bits per heavy atom. The van der Waals surface area contributed by atoms with Gasteiger partial charge in [0.1, 0.15) is 11.6 Å². The summed E-state index contributed by atoms with van der Waals surface area (Å²) in [5, 5.41) is 2.97. The molecule has 1 N–H and O–H groups in total. The molecule has 0 unspecified atom stereocenters. The minimum Gasteiger partial charge on any atom is -0.315 e. The van der Waals surface area contributed by atoms with Gasteiger partial charge in [0.15, 0.2) is 5.78 Å². The topological polar surface area (TPSA) is 29.1 Å². The fourth-order valence-corrected chi connectivity index (χ4v) is 1.69. The van der Waals surface area contributed by atoms with E-state index in [0.29, 0.717) is 13.1 Å². The van der Waals surface area contributed by atoms with Gasteiger partial charge in [0, 0.05) is 24.7 Å². The SMILES string of the molecule is CC1(C(=O)c2cc(F)cc(F)c2)CNC1. The van der Waals surface area contributed by atoms with Gasteiger partial charge in [0.25, 0.3) is 0 Å². The molecule has 15 heavy (non-hydrogen) atoms. The van der Waals surface area contributed by atoms with Crippen LogP contribution in [0.1, 0.15) is 17.3 Å². The average Bonchev–Trinajstić information content (AvgIpc) is 2.11. The van der Waals surface area contributed by atoms with Gasteiger partial charge < -0.3 is 5.32 Å². The highest BCUT2D eigenvalue weighted by molar-refractivity contribution is 6.01. The third kappa shape index (κ3) is 1.77. The molecule has 4 heteroatoms. The highest BCUT2D eigenvalue weighted by atomic mass is 19.1. The summed E-state index contributed by atoms with van der Waals surface area (Å²) in [4.78, 5) is 11.9. The third-order valence-corrected chi connectivity index (χ3v) is 2.70. The van der Waals surface area contributed by atoms with Gasteiger partial charge in [-0.05, 0) is 19.1 Å². The molecule has 1 aromatic rings. The summed E-state index contributed by atoms with van der Waals surface area (Å²) >= 11 is 0. The lowest BCUT2D eigenvalue weighted by Crippen LogP contribution is -2.56. The molecule has 1 saturated heterocycles. The van der Waals surface area contributed by atoms with Crippen molar-refractivity contribution >= 4 is 5.78 Å². The summed E-state index contributed by atoms with van der Waals surface area (Å²) in [7, 11) is 0. The normalized spacial score (nSPS) is 18.3. The Bertz CT molecular complexity index is 393. The van der Waals surface area contributed by atoms with Gasteiger partial charge in [-0.1, -0.05) is 0 Å². The van der Waals surface area contributed by atoms with Gasteiger partial charge in [-0.25, -0.2) is 8.78 Å². The molecule has 0 saturated carbocycles. The maximum Gasteiger partial charge on any atom is 0.171 e. The molecule has 0 bridgehead atoms. The van der Waals surface area contributed by atoms with E-state index in [4.69, 9.17) is 0 Å². The molecule has 2 rings (SSSR count). The molecule has 0 aromatic heterocycles. The second kappa shape index (κ2) is 3.38. The van der Waals surface area contributed by atoms with E-state index < -0.39 is 17.0 Å². The van der Waals surface area contributed by atoms with Crippen LogP contribution in [-0.2, 0) is 0 Å². The minimum atomic E-state index is -0.714. The molecule has 2 nitrogen and oxygen atoms in total. The lowest BCUT2D eigenvalue weighted by Gasteiger charge is -2.37. The Kier molecular flexibility index (Phi) is 2.31. The van der Waals surface area contributed by atoms with Crippen molar-refractivity contribution in [3.8, 4) is 0 Å². The van der Waals surface area contributed by atoms with Gasteiger partial charge in [0.05, 0.1) is 5.41 Å². The van der Waals surface area contributed by atoms with Gasteiger partial charge in [-0.15, -0.1) is 0 Å². The Hall–Kier alpha value is -1.29. The van der Waals surface area contributed by atoms with Gasteiger partial charge in [-0.3, -0.25) is 4.79 Å². The lowest BCUT2D eigenvalue weighted by atomic mass is 9.77. The lowest BCUT2D eigenvalue weighted by molar-refractivity contribution is 0.0720. The first kappa shape index (κ1) is 10.2. The van der Waals surface area contributed by atoms with Crippen LogP contribution in [0, 0.1) is 17.0 Å². The first-order valence-electron chi connectivity index (χ1n) is 4.73. The van der Waals surface area contributed by atoms with Crippen molar-refractivity contribution in [3.05, 3.63) is 35.4 Å². The first-order chi connectivity index (χ1) is 7.01. The van der Waals surface area contributed by atoms with Crippen LogP contribution in [0.2, 0.25) is 0 Å². The van der Waals surface area contributed by atoms with E-state index in [2.05, 4.69) is 5.32 Å². The number of ketones is 1. The van der Waals surface area contributed by atoms with Gasteiger partial charge in [0.2, 0.25) is 0 Å². The number of carbonyl (C=O) groups excluding carboxylic acids is 1. The zero-order valence-electron chi connectivity index (χ0n) is 8.31. The predicted octanol–water partition coefficient (Wildman–Crippen LogP) is 1.76. The fourth-order valence-electron chi connectivity index (χ4n) is 1.69. The van der Waals surface area contributed by atoms with E-state index >= 15 is 0 Å². The molecule has 0 aliphatic carbocycles. The van der Waals surface area contributed by atoms with Crippen LogP contribution < -0.4 is 5.32 Å². The molecule has 0 spiro atoms. The van der Waals surface area contributed by atoms with Crippen molar-refractivity contribution in [1.29, 1.82) is 0 Å². The number of carbonyl (C=O) groups is 1. The maximum absolute atomic E-state index is 12.9. The highest BCUT2D eigenvalue weighted by Gasteiger charge is 2.39. The molecular formula is C11H11F2NO. The van der Waals surface area contributed by atoms with Crippen LogP contribution in [0.25, 0.3) is 0 Å². The van der Waals surface area contributed by atoms with E-state index in [1.54, 1.807) is 6.92 Å². The number of benzene rings is 1. The summed E-state index contributed by atoms with van der Waals surface area (Å²) in [6.07, 6.45) is 0. The van der Waals surface area contributed by atoms with E-state index in [-0.39, 0.29) is 11.3 Å². The smallest absolute Gasteiger partial charge is 0.171 e. The zero-order chi connectivity index (χ0) is 11.1. The van der Waals surface area contributed by atoms with Crippen LogP contribution in [0.3, 0.4) is 0 Å². The molecule has 1 fully saturated rings. The number of rotatable bonds is 2. The standard InChI is InChI=1S/C11H11F2NO/c1-11(5-14-6-11)10(15)7-2-8(12)4-9(13)3-7/h2-4,14H,5-6H2,1H3. The number of halogens is 2. The summed E-state index contributed by atoms with van der Waals surface area (Å²) < 4.78 is 25.8. The second-order valence-electron chi connectivity index (χ2n) is 4.15. The Labute approximate surface area is 86.3 Å². The molecule has 0 atom stereocenters. The largest absolute Gasteiger partial charge is 0.315 e. The van der Waals surface area contributed by atoms with Crippen molar-refractivity contribution in [3.63, 3.8) is 0 Å². The van der Waals surface area contributed by atoms with Crippen LogP contribution in [-0.4, -0.2) is 18.9 Å². The molecule has 1 aliphatic rings. The van der Waals surface area contributed by atoms with Crippen LogP contribution in [0.4, 0.5) is 8.78 Å². The molecule has 1 aromatic carbocycles. The van der Waals surface area contributed by atoms with E-state index in [9.17, 15) is 13.6 Å². The van der Waals surface area contributed by atoms with Crippen molar-refractivity contribution in [1.82, 2.24) is 5.32 Å². The monoisotopic (exact) mass is 211 g/mol. The van der Waals surface area contributed by atoms with Crippen molar-refractivity contribution in [2.45, 2.75) is 6.92 Å². The predicted molar refractivity (Wildman–Crippen MR) is 51.7 cm³/mol. The summed E-state index contributed by atoms with van der Waals surface area (Å²) in [6.45, 7) is 2.91. The third-order valence-electron chi connectivity index (χ3n) is 2.70. The van der Waals surface area contributed by atoms with Gasteiger partial charge >= 0.3 is 0 Å². The molecule has 1 aliphatic heterocycles. The van der Waals surface area contributed by atoms with Gasteiger partial charge in [-0.2, -0.15) is 0 Å². The molecular weight excluding hydrogens is 200 g/mol. The quantitative estimate of drug-likeness (QED) is 0.755.